The smallest absolute Gasteiger partial charge is 0.258 e. The number of hydrogen-bond donors (Lipinski definition) is 1. The van der Waals surface area contributed by atoms with Crippen molar-refractivity contribution in [2.75, 3.05) is 0 Å². The van der Waals surface area contributed by atoms with E-state index >= 15 is 0 Å². The van der Waals surface area contributed by atoms with Crippen molar-refractivity contribution in [3.8, 4) is 0 Å². The van der Waals surface area contributed by atoms with Crippen LogP contribution in [0.5, 0.6) is 0 Å². The summed E-state index contributed by atoms with van der Waals surface area (Å²) in [4.78, 5) is 10.7. The number of benzene rings is 2. The third-order valence-corrected chi connectivity index (χ3v) is 4.85. The second-order valence-electron chi connectivity index (χ2n) is 7.22. The zero-order valence-electron chi connectivity index (χ0n) is 16.5. The standard InChI is InChI=1S/C16H18N2O4S.C4H10/c1-12(2)17-23(21,22)15-9-8-14(16(11-15)18(19)20)10-13-6-4-3-5-7-13;1-4(2)3/h3-9,11-12,17H,10H2,1-2H3;4H,1-3H3. The van der Waals surface area contributed by atoms with E-state index in [1.165, 1.54) is 12.1 Å². The number of nitro groups is 1. The van der Waals surface area contributed by atoms with Gasteiger partial charge in [-0.1, -0.05) is 57.2 Å². The molecule has 0 atom stereocenters. The summed E-state index contributed by atoms with van der Waals surface area (Å²) in [6, 6.07) is 13.0. The van der Waals surface area contributed by atoms with E-state index in [2.05, 4.69) is 25.5 Å². The Bertz CT molecular complexity index is 845. The minimum absolute atomic E-state index is 0.102. The van der Waals surface area contributed by atoms with Gasteiger partial charge in [0.1, 0.15) is 0 Å². The van der Waals surface area contributed by atoms with Gasteiger partial charge in [-0.15, -0.1) is 0 Å². The monoisotopic (exact) mass is 392 g/mol. The van der Waals surface area contributed by atoms with Crippen LogP contribution in [0.3, 0.4) is 0 Å². The van der Waals surface area contributed by atoms with Gasteiger partial charge in [0.2, 0.25) is 10.0 Å². The Morgan fingerprint density at radius 1 is 1.00 bits per heavy atom. The van der Waals surface area contributed by atoms with Crippen LogP contribution < -0.4 is 4.72 Å². The van der Waals surface area contributed by atoms with E-state index < -0.39 is 14.9 Å². The number of sulfonamides is 1. The van der Waals surface area contributed by atoms with E-state index in [1.807, 2.05) is 30.3 Å². The van der Waals surface area contributed by atoms with Gasteiger partial charge in [-0.25, -0.2) is 13.1 Å². The summed E-state index contributed by atoms with van der Waals surface area (Å²) in [5, 5.41) is 11.3. The molecule has 0 aliphatic heterocycles. The SMILES string of the molecule is CC(C)C.CC(C)NS(=O)(=O)c1ccc(Cc2ccccc2)c([N+](=O)[O-])c1. The molecule has 0 saturated heterocycles. The summed E-state index contributed by atoms with van der Waals surface area (Å²) in [6.07, 6.45) is 0.370. The molecule has 2 aromatic carbocycles. The van der Waals surface area contributed by atoms with Crippen molar-refractivity contribution in [1.29, 1.82) is 0 Å². The second-order valence-corrected chi connectivity index (χ2v) is 8.93. The lowest BCUT2D eigenvalue weighted by molar-refractivity contribution is -0.385. The van der Waals surface area contributed by atoms with Crippen LogP contribution in [0.15, 0.2) is 53.4 Å². The normalized spacial score (nSPS) is 11.2. The first-order valence-corrected chi connectivity index (χ1v) is 10.3. The Morgan fingerprint density at radius 3 is 2.04 bits per heavy atom. The lowest BCUT2D eigenvalue weighted by Gasteiger charge is -2.10. The summed E-state index contributed by atoms with van der Waals surface area (Å²) < 4.78 is 26.7. The highest BCUT2D eigenvalue weighted by atomic mass is 32.2. The molecule has 148 valence electrons. The summed E-state index contributed by atoms with van der Waals surface area (Å²) in [7, 11) is -3.76. The third-order valence-electron chi connectivity index (χ3n) is 3.19. The van der Waals surface area contributed by atoms with Crippen molar-refractivity contribution in [2.45, 2.75) is 52.0 Å². The lowest BCUT2D eigenvalue weighted by atomic mass is 10.0. The first kappa shape index (κ1) is 22.8. The van der Waals surface area contributed by atoms with Gasteiger partial charge in [0.05, 0.1) is 9.82 Å². The van der Waals surface area contributed by atoms with Gasteiger partial charge in [-0.2, -0.15) is 0 Å². The number of nitrogens with zero attached hydrogens (tertiary/aromatic N) is 1. The van der Waals surface area contributed by atoms with Crippen LogP contribution in [-0.2, 0) is 16.4 Å². The van der Waals surface area contributed by atoms with E-state index in [0.717, 1.165) is 17.5 Å². The molecule has 0 bridgehead atoms. The third kappa shape index (κ3) is 7.88. The van der Waals surface area contributed by atoms with Crippen molar-refractivity contribution < 1.29 is 13.3 Å². The van der Waals surface area contributed by atoms with E-state index in [0.29, 0.717) is 12.0 Å². The van der Waals surface area contributed by atoms with Gasteiger partial charge in [0, 0.05) is 24.1 Å². The zero-order chi connectivity index (χ0) is 20.6. The summed E-state index contributed by atoms with van der Waals surface area (Å²) in [6.45, 7) is 9.88. The van der Waals surface area contributed by atoms with Gasteiger partial charge in [-0.3, -0.25) is 10.1 Å². The van der Waals surface area contributed by atoms with Crippen molar-refractivity contribution in [1.82, 2.24) is 4.72 Å². The molecule has 6 nitrogen and oxygen atoms in total. The zero-order valence-corrected chi connectivity index (χ0v) is 17.3. The predicted octanol–water partition coefficient (Wildman–Crippen LogP) is 4.53. The molecule has 0 spiro atoms. The van der Waals surface area contributed by atoms with Crippen molar-refractivity contribution >= 4 is 15.7 Å². The van der Waals surface area contributed by atoms with Gasteiger partial charge in [0.15, 0.2) is 0 Å². The van der Waals surface area contributed by atoms with Gasteiger partial charge in [0.25, 0.3) is 5.69 Å². The number of nitro benzene ring substituents is 1. The maximum absolute atomic E-state index is 12.2. The van der Waals surface area contributed by atoms with Crippen LogP contribution in [0, 0.1) is 16.0 Å². The molecule has 2 aromatic rings. The van der Waals surface area contributed by atoms with E-state index in [4.69, 9.17) is 0 Å². The Labute approximate surface area is 161 Å². The summed E-state index contributed by atoms with van der Waals surface area (Å²) >= 11 is 0. The Hall–Kier alpha value is -2.25. The van der Waals surface area contributed by atoms with Crippen LogP contribution in [0.25, 0.3) is 0 Å². The molecule has 0 heterocycles. The number of nitrogens with one attached hydrogen (secondary N) is 1. The van der Waals surface area contributed by atoms with Gasteiger partial charge in [-0.05, 0) is 31.4 Å². The van der Waals surface area contributed by atoms with Gasteiger partial charge < -0.3 is 0 Å². The molecule has 27 heavy (non-hydrogen) atoms. The molecule has 0 saturated carbocycles. The highest BCUT2D eigenvalue weighted by Crippen LogP contribution is 2.25. The van der Waals surface area contributed by atoms with Crippen LogP contribution in [0.4, 0.5) is 5.69 Å². The molecule has 0 aliphatic carbocycles. The molecule has 0 aromatic heterocycles. The minimum atomic E-state index is -3.76. The highest BCUT2D eigenvalue weighted by molar-refractivity contribution is 7.89. The molecular formula is C20H28N2O4S. The van der Waals surface area contributed by atoms with Crippen LogP contribution in [0.2, 0.25) is 0 Å². The van der Waals surface area contributed by atoms with Crippen LogP contribution in [0.1, 0.15) is 45.7 Å². The first-order chi connectivity index (χ1) is 12.5. The number of hydrogen-bond acceptors (Lipinski definition) is 4. The molecule has 7 heteroatoms. The Balaban J connectivity index is 0.000000828. The molecule has 0 radical (unpaired) electrons. The first-order valence-electron chi connectivity index (χ1n) is 8.86. The Morgan fingerprint density at radius 2 is 1.56 bits per heavy atom. The fraction of sp³-hybridized carbons (Fsp3) is 0.400. The lowest BCUT2D eigenvalue weighted by Crippen LogP contribution is -2.30. The minimum Gasteiger partial charge on any atom is -0.258 e. The number of rotatable bonds is 6. The van der Waals surface area contributed by atoms with Crippen LogP contribution in [-0.4, -0.2) is 19.4 Å². The second kappa shape index (κ2) is 10.2. The van der Waals surface area contributed by atoms with Gasteiger partial charge >= 0.3 is 0 Å². The van der Waals surface area contributed by atoms with Crippen molar-refractivity contribution in [3.05, 3.63) is 69.8 Å². The molecule has 0 amide bonds. The summed E-state index contributed by atoms with van der Waals surface area (Å²) in [5.74, 6) is 0.833. The average molecular weight is 393 g/mol. The van der Waals surface area contributed by atoms with E-state index in [-0.39, 0.29) is 16.6 Å². The van der Waals surface area contributed by atoms with Crippen molar-refractivity contribution in [3.63, 3.8) is 0 Å². The quantitative estimate of drug-likeness (QED) is 0.577. The van der Waals surface area contributed by atoms with Crippen LogP contribution >= 0.6 is 0 Å². The van der Waals surface area contributed by atoms with E-state index in [1.54, 1.807) is 13.8 Å². The summed E-state index contributed by atoms with van der Waals surface area (Å²) in [5.41, 5.74) is 1.21. The predicted molar refractivity (Wildman–Crippen MR) is 108 cm³/mol. The maximum atomic E-state index is 12.2. The van der Waals surface area contributed by atoms with E-state index in [9.17, 15) is 18.5 Å². The van der Waals surface area contributed by atoms with Crippen molar-refractivity contribution in [2.24, 2.45) is 5.92 Å². The molecule has 2 rings (SSSR count). The molecule has 0 unspecified atom stereocenters. The fourth-order valence-electron chi connectivity index (χ4n) is 2.22. The molecular weight excluding hydrogens is 364 g/mol. The fourth-order valence-corrected chi connectivity index (χ4v) is 3.50. The molecule has 0 aliphatic rings. The average Bonchev–Trinajstić information content (AvgIpc) is 2.54. The molecule has 1 N–H and O–H groups in total. The Kier molecular flexibility index (Phi) is 8.59. The molecule has 0 fully saturated rings. The highest BCUT2D eigenvalue weighted by Gasteiger charge is 2.22. The largest absolute Gasteiger partial charge is 0.274 e. The maximum Gasteiger partial charge on any atom is 0.274 e. The topological polar surface area (TPSA) is 89.3 Å².